The molecule has 1 N–H and O–H groups in total. The van der Waals surface area contributed by atoms with Gasteiger partial charge in [-0.25, -0.2) is 0 Å². The van der Waals surface area contributed by atoms with Crippen LogP contribution in [-0.2, 0) is 0 Å². The quantitative estimate of drug-likeness (QED) is 0.625. The minimum atomic E-state index is 1.23. The van der Waals surface area contributed by atoms with Crippen molar-refractivity contribution >= 4 is 22.6 Å². The fraction of sp³-hybridized carbons (Fsp3) is 0.200. The first-order valence-electron chi connectivity index (χ1n) is 2.10. The molecule has 1 aromatic heterocycles. The molecule has 0 saturated carbocycles. The molecular weight excluding hydrogens is 201 g/mol. The van der Waals surface area contributed by atoms with Gasteiger partial charge in [0.15, 0.2) is 0 Å². The van der Waals surface area contributed by atoms with E-state index >= 15 is 0 Å². The lowest BCUT2D eigenvalue weighted by Gasteiger charge is -1.78. The molecule has 1 rings (SSSR count). The number of aromatic nitrogens is 1. The van der Waals surface area contributed by atoms with Crippen LogP contribution < -0.4 is 0 Å². The molecule has 2 heteroatoms. The molecule has 0 aliphatic heterocycles. The van der Waals surface area contributed by atoms with Crippen LogP contribution in [0.5, 0.6) is 0 Å². The zero-order chi connectivity index (χ0) is 5.28. The standard InChI is InChI=1S/C5H6IN/c1-4-2-3-7-5(4)6/h2-3,7H,1H3. The molecule has 0 atom stereocenters. The molecule has 0 unspecified atom stereocenters. The molecule has 0 amide bonds. The van der Waals surface area contributed by atoms with Crippen molar-refractivity contribution in [2.75, 3.05) is 0 Å². The van der Waals surface area contributed by atoms with Gasteiger partial charge in [0.1, 0.15) is 0 Å². The molecule has 0 aliphatic carbocycles. The van der Waals surface area contributed by atoms with Crippen LogP contribution in [0, 0.1) is 10.6 Å². The second kappa shape index (κ2) is 1.86. The highest BCUT2D eigenvalue weighted by Gasteiger charge is 1.87. The number of hydrogen-bond donors (Lipinski definition) is 1. The fourth-order valence-electron chi connectivity index (χ4n) is 0.427. The van der Waals surface area contributed by atoms with E-state index in [0.717, 1.165) is 0 Å². The third-order valence-corrected chi connectivity index (χ3v) is 2.05. The minimum Gasteiger partial charge on any atom is -0.357 e. The smallest absolute Gasteiger partial charge is 0.0801 e. The summed E-state index contributed by atoms with van der Waals surface area (Å²) in [5.74, 6) is 0. The highest BCUT2D eigenvalue weighted by molar-refractivity contribution is 14.1. The van der Waals surface area contributed by atoms with Crippen molar-refractivity contribution in [2.45, 2.75) is 6.92 Å². The van der Waals surface area contributed by atoms with Crippen LogP contribution in [0.2, 0.25) is 0 Å². The molecule has 7 heavy (non-hydrogen) atoms. The Bertz CT molecular complexity index is 140. The van der Waals surface area contributed by atoms with Crippen LogP contribution in [0.4, 0.5) is 0 Å². The first-order valence-corrected chi connectivity index (χ1v) is 3.18. The maximum atomic E-state index is 3.05. The van der Waals surface area contributed by atoms with Gasteiger partial charge in [0.2, 0.25) is 0 Å². The molecular formula is C5H6IN. The Balaban J connectivity index is 3.12. The van der Waals surface area contributed by atoms with Crippen molar-refractivity contribution in [3.63, 3.8) is 0 Å². The van der Waals surface area contributed by atoms with E-state index in [1.165, 1.54) is 9.26 Å². The van der Waals surface area contributed by atoms with Gasteiger partial charge >= 0.3 is 0 Å². The van der Waals surface area contributed by atoms with E-state index < -0.39 is 0 Å². The van der Waals surface area contributed by atoms with E-state index in [4.69, 9.17) is 0 Å². The van der Waals surface area contributed by atoms with Gasteiger partial charge in [-0.2, -0.15) is 0 Å². The Morgan fingerprint density at radius 3 is 2.57 bits per heavy atom. The highest BCUT2D eigenvalue weighted by atomic mass is 127. The lowest BCUT2D eigenvalue weighted by Crippen LogP contribution is -1.67. The average molecular weight is 207 g/mol. The largest absolute Gasteiger partial charge is 0.357 e. The van der Waals surface area contributed by atoms with Gasteiger partial charge in [0.25, 0.3) is 0 Å². The van der Waals surface area contributed by atoms with Gasteiger partial charge in [-0.3, -0.25) is 0 Å². The predicted octanol–water partition coefficient (Wildman–Crippen LogP) is 1.93. The van der Waals surface area contributed by atoms with Crippen molar-refractivity contribution in [3.05, 3.63) is 21.5 Å². The van der Waals surface area contributed by atoms with Crippen molar-refractivity contribution in [1.82, 2.24) is 4.98 Å². The number of nitrogens with one attached hydrogen (secondary N) is 1. The lowest BCUT2D eigenvalue weighted by molar-refractivity contribution is 1.32. The Hall–Kier alpha value is 0.01000. The van der Waals surface area contributed by atoms with Crippen LogP contribution in [0.1, 0.15) is 5.56 Å². The summed E-state index contributed by atoms with van der Waals surface area (Å²) in [6, 6.07) is 2.06. The summed E-state index contributed by atoms with van der Waals surface area (Å²) in [7, 11) is 0. The van der Waals surface area contributed by atoms with Crippen LogP contribution in [0.3, 0.4) is 0 Å². The Labute approximate surface area is 56.3 Å². The SMILES string of the molecule is Cc1cc[nH]c1I. The summed E-state index contributed by atoms with van der Waals surface area (Å²) >= 11 is 2.26. The summed E-state index contributed by atoms with van der Waals surface area (Å²) in [5, 5.41) is 0. The van der Waals surface area contributed by atoms with E-state index in [-0.39, 0.29) is 0 Å². The molecule has 0 spiro atoms. The minimum absolute atomic E-state index is 1.23. The van der Waals surface area contributed by atoms with Crippen LogP contribution >= 0.6 is 22.6 Å². The number of aryl methyl sites for hydroxylation is 1. The number of H-pyrrole nitrogens is 1. The van der Waals surface area contributed by atoms with E-state index in [2.05, 4.69) is 40.6 Å². The van der Waals surface area contributed by atoms with Gasteiger partial charge in [-0.05, 0) is 41.1 Å². The lowest BCUT2D eigenvalue weighted by atomic mass is 10.4. The van der Waals surface area contributed by atoms with E-state index in [1.54, 1.807) is 0 Å². The first-order chi connectivity index (χ1) is 3.30. The Morgan fingerprint density at radius 1 is 1.71 bits per heavy atom. The van der Waals surface area contributed by atoms with Gasteiger partial charge in [0, 0.05) is 6.20 Å². The van der Waals surface area contributed by atoms with Crippen molar-refractivity contribution in [3.8, 4) is 0 Å². The topological polar surface area (TPSA) is 15.8 Å². The second-order valence-corrected chi connectivity index (χ2v) is 2.55. The van der Waals surface area contributed by atoms with Gasteiger partial charge in [0.05, 0.1) is 3.70 Å². The van der Waals surface area contributed by atoms with Crippen LogP contribution in [0.25, 0.3) is 0 Å². The normalized spacial score (nSPS) is 9.43. The molecule has 0 radical (unpaired) electrons. The van der Waals surface area contributed by atoms with Crippen LogP contribution in [-0.4, -0.2) is 4.98 Å². The molecule has 38 valence electrons. The predicted molar refractivity (Wildman–Crippen MR) is 38.2 cm³/mol. The summed E-state index contributed by atoms with van der Waals surface area (Å²) < 4.78 is 1.23. The molecule has 0 fully saturated rings. The third kappa shape index (κ3) is 0.964. The summed E-state index contributed by atoms with van der Waals surface area (Å²) in [5.41, 5.74) is 1.32. The molecule has 0 aliphatic rings. The third-order valence-electron chi connectivity index (χ3n) is 0.890. The summed E-state index contributed by atoms with van der Waals surface area (Å²) in [4.78, 5) is 3.05. The molecule has 1 heterocycles. The maximum absolute atomic E-state index is 3.05. The Kier molecular flexibility index (Phi) is 1.37. The van der Waals surface area contributed by atoms with Crippen molar-refractivity contribution < 1.29 is 0 Å². The number of rotatable bonds is 0. The van der Waals surface area contributed by atoms with E-state index in [0.29, 0.717) is 0 Å². The number of halogens is 1. The Morgan fingerprint density at radius 2 is 2.43 bits per heavy atom. The van der Waals surface area contributed by atoms with E-state index in [9.17, 15) is 0 Å². The monoisotopic (exact) mass is 207 g/mol. The van der Waals surface area contributed by atoms with Gasteiger partial charge in [-0.1, -0.05) is 0 Å². The van der Waals surface area contributed by atoms with Crippen LogP contribution in [0.15, 0.2) is 12.3 Å². The molecule has 0 bridgehead atoms. The first kappa shape index (κ1) is 5.15. The zero-order valence-electron chi connectivity index (χ0n) is 4.03. The number of aromatic amines is 1. The summed E-state index contributed by atoms with van der Waals surface area (Å²) in [6.07, 6.45) is 1.94. The second-order valence-electron chi connectivity index (χ2n) is 1.47. The van der Waals surface area contributed by atoms with E-state index in [1.807, 2.05) is 6.20 Å². The molecule has 0 aromatic carbocycles. The number of hydrogen-bond acceptors (Lipinski definition) is 0. The zero-order valence-corrected chi connectivity index (χ0v) is 6.19. The van der Waals surface area contributed by atoms with Gasteiger partial charge in [-0.15, -0.1) is 0 Å². The highest BCUT2D eigenvalue weighted by Crippen LogP contribution is 2.05. The van der Waals surface area contributed by atoms with Crippen molar-refractivity contribution in [2.24, 2.45) is 0 Å². The average Bonchev–Trinajstić information content (AvgIpc) is 1.91. The molecule has 0 saturated heterocycles. The van der Waals surface area contributed by atoms with Crippen molar-refractivity contribution in [1.29, 1.82) is 0 Å². The maximum Gasteiger partial charge on any atom is 0.0801 e. The summed E-state index contributed by atoms with van der Waals surface area (Å²) in [6.45, 7) is 2.08. The van der Waals surface area contributed by atoms with Gasteiger partial charge < -0.3 is 4.98 Å². The molecule has 1 aromatic rings. The fourth-order valence-corrected chi connectivity index (χ4v) is 0.786. The molecule has 1 nitrogen and oxygen atoms in total.